The van der Waals surface area contributed by atoms with Crippen molar-refractivity contribution in [2.45, 2.75) is 6.04 Å². The smallest absolute Gasteiger partial charge is 0.300 e. The summed E-state index contributed by atoms with van der Waals surface area (Å²) < 4.78 is 5.67. The van der Waals surface area contributed by atoms with E-state index in [9.17, 15) is 19.8 Å². The third-order valence-corrected chi connectivity index (χ3v) is 6.88. The van der Waals surface area contributed by atoms with Gasteiger partial charge in [0.05, 0.1) is 33.9 Å². The van der Waals surface area contributed by atoms with Crippen LogP contribution >= 0.6 is 23.2 Å². The van der Waals surface area contributed by atoms with Crippen LogP contribution in [-0.4, -0.2) is 42.1 Å². The van der Waals surface area contributed by atoms with E-state index in [0.717, 1.165) is 5.69 Å². The number of anilines is 2. The van der Waals surface area contributed by atoms with Crippen LogP contribution < -0.4 is 14.5 Å². The lowest BCUT2D eigenvalue weighted by Crippen LogP contribution is -2.29. The lowest BCUT2D eigenvalue weighted by Gasteiger charge is -2.28. The molecule has 7 nitrogen and oxygen atoms in total. The molecule has 1 amide bonds. The number of likely N-dealkylation sites (N-methyl/N-ethyl adjacent to an activating group) is 1. The van der Waals surface area contributed by atoms with Crippen LogP contribution in [0.15, 0.2) is 66.2 Å². The molecule has 1 atom stereocenters. The Morgan fingerprint density at radius 3 is 2.57 bits per heavy atom. The zero-order valence-corrected chi connectivity index (χ0v) is 20.0. The lowest BCUT2D eigenvalue weighted by molar-refractivity contribution is -0.132. The SMILES string of the molecule is CN1CCOc2ccc(/C(O)=C3/C(=O)C(=O)N(c4ccc(Cl)c(Cl)c4)C3c3cccc(O)c3)cc21. The van der Waals surface area contributed by atoms with Gasteiger partial charge in [0, 0.05) is 18.3 Å². The molecule has 2 aliphatic rings. The van der Waals surface area contributed by atoms with Crippen LogP contribution in [0.2, 0.25) is 10.0 Å². The van der Waals surface area contributed by atoms with Crippen LogP contribution in [0.3, 0.4) is 0 Å². The van der Waals surface area contributed by atoms with Gasteiger partial charge >= 0.3 is 0 Å². The third-order valence-electron chi connectivity index (χ3n) is 6.14. The average molecular weight is 511 g/mol. The monoisotopic (exact) mass is 510 g/mol. The van der Waals surface area contributed by atoms with Crippen LogP contribution in [0.4, 0.5) is 11.4 Å². The molecule has 1 unspecified atom stereocenters. The van der Waals surface area contributed by atoms with Crippen molar-refractivity contribution in [1.29, 1.82) is 0 Å². The molecule has 0 bridgehead atoms. The van der Waals surface area contributed by atoms with Crippen LogP contribution in [0.1, 0.15) is 17.2 Å². The molecule has 2 heterocycles. The fraction of sp³-hybridized carbons (Fsp3) is 0.154. The van der Waals surface area contributed by atoms with Crippen molar-refractivity contribution >= 4 is 52.0 Å². The molecule has 2 aliphatic heterocycles. The quantitative estimate of drug-likeness (QED) is 0.287. The second kappa shape index (κ2) is 8.83. The van der Waals surface area contributed by atoms with Gasteiger partial charge in [-0.05, 0) is 54.1 Å². The van der Waals surface area contributed by atoms with Gasteiger partial charge in [0.25, 0.3) is 11.7 Å². The molecule has 0 radical (unpaired) electrons. The van der Waals surface area contributed by atoms with Crippen molar-refractivity contribution in [2.75, 3.05) is 30.0 Å². The Morgan fingerprint density at radius 1 is 1.03 bits per heavy atom. The minimum absolute atomic E-state index is 0.0465. The van der Waals surface area contributed by atoms with Gasteiger partial charge in [0.2, 0.25) is 0 Å². The third kappa shape index (κ3) is 3.96. The summed E-state index contributed by atoms with van der Waals surface area (Å²) in [6.45, 7) is 1.21. The summed E-state index contributed by atoms with van der Waals surface area (Å²) in [5.74, 6) is -1.41. The Bertz CT molecular complexity index is 1400. The molecule has 1 fully saturated rings. The Labute approximate surface area is 211 Å². The first kappa shape index (κ1) is 23.1. The van der Waals surface area contributed by atoms with Crippen molar-refractivity contribution in [2.24, 2.45) is 0 Å². The molecule has 0 aromatic heterocycles. The van der Waals surface area contributed by atoms with E-state index in [1.165, 1.54) is 29.2 Å². The predicted octanol–water partition coefficient (Wildman–Crippen LogP) is 5.15. The Hall–Kier alpha value is -3.68. The molecule has 5 rings (SSSR count). The highest BCUT2D eigenvalue weighted by atomic mass is 35.5. The maximum atomic E-state index is 13.3. The number of Topliss-reactive ketones (excluding diaryl/α,β-unsaturated/α-hetero) is 1. The van der Waals surface area contributed by atoms with Gasteiger partial charge in [-0.15, -0.1) is 0 Å². The van der Waals surface area contributed by atoms with Gasteiger partial charge in [-0.25, -0.2) is 0 Å². The first-order chi connectivity index (χ1) is 16.8. The van der Waals surface area contributed by atoms with E-state index in [2.05, 4.69) is 0 Å². The van der Waals surface area contributed by atoms with Crippen molar-refractivity contribution in [3.8, 4) is 11.5 Å². The summed E-state index contributed by atoms with van der Waals surface area (Å²) in [5, 5.41) is 22.0. The Morgan fingerprint density at radius 2 is 1.83 bits per heavy atom. The largest absolute Gasteiger partial charge is 0.508 e. The number of ether oxygens (including phenoxy) is 1. The van der Waals surface area contributed by atoms with E-state index in [0.29, 0.717) is 40.7 Å². The van der Waals surface area contributed by atoms with Gasteiger partial charge in [-0.2, -0.15) is 0 Å². The Balaban J connectivity index is 1.71. The first-order valence-electron chi connectivity index (χ1n) is 10.8. The van der Waals surface area contributed by atoms with E-state index in [1.807, 2.05) is 11.9 Å². The fourth-order valence-corrected chi connectivity index (χ4v) is 4.69. The fourth-order valence-electron chi connectivity index (χ4n) is 4.40. The molecule has 3 aromatic rings. The van der Waals surface area contributed by atoms with Gasteiger partial charge in [-0.1, -0.05) is 35.3 Å². The van der Waals surface area contributed by atoms with Crippen LogP contribution in [0, 0.1) is 0 Å². The predicted molar refractivity (Wildman–Crippen MR) is 135 cm³/mol. The zero-order chi connectivity index (χ0) is 24.9. The van der Waals surface area contributed by atoms with Gasteiger partial charge in [-0.3, -0.25) is 14.5 Å². The number of rotatable bonds is 3. The summed E-state index contributed by atoms with van der Waals surface area (Å²) in [4.78, 5) is 29.8. The van der Waals surface area contributed by atoms with Crippen molar-refractivity contribution in [1.82, 2.24) is 0 Å². The summed E-state index contributed by atoms with van der Waals surface area (Å²) >= 11 is 12.3. The lowest BCUT2D eigenvalue weighted by atomic mass is 9.94. The second-order valence-electron chi connectivity index (χ2n) is 8.32. The van der Waals surface area contributed by atoms with Gasteiger partial charge < -0.3 is 19.8 Å². The summed E-state index contributed by atoms with van der Waals surface area (Å²) in [5.41, 5.74) is 1.78. The molecule has 0 aliphatic carbocycles. The summed E-state index contributed by atoms with van der Waals surface area (Å²) in [6, 6.07) is 14.8. The van der Waals surface area contributed by atoms with Crippen molar-refractivity contribution in [3.63, 3.8) is 0 Å². The number of aromatic hydroxyl groups is 1. The number of nitrogens with zero attached hydrogens (tertiary/aromatic N) is 2. The number of aliphatic hydroxyl groups excluding tert-OH is 1. The number of phenolic OH excluding ortho intramolecular Hbond substituents is 1. The molecule has 9 heteroatoms. The standard InChI is InChI=1S/C26H20Cl2N2O5/c1-29-9-10-35-21-8-5-15(12-20(21)29)24(32)22-23(14-3-2-4-17(31)11-14)30(26(34)25(22)33)16-6-7-18(27)19(28)13-16/h2-8,11-13,23,31-32H,9-10H2,1H3/b24-22-. The molecule has 178 valence electrons. The van der Waals surface area contributed by atoms with Crippen molar-refractivity contribution in [3.05, 3.63) is 87.4 Å². The summed E-state index contributed by atoms with van der Waals surface area (Å²) in [6.07, 6.45) is 0. The number of hydrogen-bond acceptors (Lipinski definition) is 6. The van der Waals surface area contributed by atoms with Crippen LogP contribution in [0.5, 0.6) is 11.5 Å². The molecule has 35 heavy (non-hydrogen) atoms. The maximum Gasteiger partial charge on any atom is 0.300 e. The molecular formula is C26H20Cl2N2O5. The number of aliphatic hydroxyl groups is 1. The number of carbonyl (C=O) groups excluding carboxylic acids is 2. The number of carbonyl (C=O) groups is 2. The molecule has 1 saturated heterocycles. The molecular weight excluding hydrogens is 491 g/mol. The highest BCUT2D eigenvalue weighted by Gasteiger charge is 2.47. The molecule has 0 spiro atoms. The number of ketones is 1. The zero-order valence-electron chi connectivity index (χ0n) is 18.5. The number of benzene rings is 3. The normalized spacial score (nSPS) is 19.0. The minimum Gasteiger partial charge on any atom is -0.508 e. The number of phenols is 1. The summed E-state index contributed by atoms with van der Waals surface area (Å²) in [7, 11) is 1.90. The van der Waals surface area contributed by atoms with Crippen LogP contribution in [-0.2, 0) is 9.59 Å². The Kier molecular flexibility index (Phi) is 5.83. The molecule has 3 aromatic carbocycles. The van der Waals surface area contributed by atoms with Crippen molar-refractivity contribution < 1.29 is 24.5 Å². The highest BCUT2D eigenvalue weighted by Crippen LogP contribution is 2.44. The number of halogens is 2. The molecule has 2 N–H and O–H groups in total. The second-order valence-corrected chi connectivity index (χ2v) is 9.13. The van der Waals surface area contributed by atoms with E-state index < -0.39 is 17.7 Å². The highest BCUT2D eigenvalue weighted by molar-refractivity contribution is 6.52. The van der Waals surface area contributed by atoms with E-state index in [4.69, 9.17) is 27.9 Å². The van der Waals surface area contributed by atoms with E-state index in [-0.39, 0.29) is 22.1 Å². The van der Waals surface area contributed by atoms with Crippen LogP contribution in [0.25, 0.3) is 5.76 Å². The average Bonchev–Trinajstić information content (AvgIpc) is 3.11. The number of hydrogen-bond donors (Lipinski definition) is 2. The topological polar surface area (TPSA) is 90.3 Å². The number of fused-ring (bicyclic) bond motifs is 1. The maximum absolute atomic E-state index is 13.3. The number of amides is 1. The van der Waals surface area contributed by atoms with Gasteiger partial charge in [0.15, 0.2) is 0 Å². The minimum atomic E-state index is -1.01. The molecule has 0 saturated carbocycles. The van der Waals surface area contributed by atoms with E-state index in [1.54, 1.807) is 36.4 Å². The first-order valence-corrected chi connectivity index (χ1v) is 11.5. The van der Waals surface area contributed by atoms with E-state index >= 15 is 0 Å². The van der Waals surface area contributed by atoms with Gasteiger partial charge in [0.1, 0.15) is 23.9 Å².